The van der Waals surface area contributed by atoms with Crippen molar-refractivity contribution in [3.8, 4) is 0 Å². The van der Waals surface area contributed by atoms with Gasteiger partial charge in [0.15, 0.2) is 5.82 Å². The predicted molar refractivity (Wildman–Crippen MR) is 143 cm³/mol. The van der Waals surface area contributed by atoms with Gasteiger partial charge in [0.2, 0.25) is 0 Å². The fourth-order valence-electron chi connectivity index (χ4n) is 6.03. The number of ether oxygens (including phenoxy) is 1. The van der Waals surface area contributed by atoms with Crippen molar-refractivity contribution in [1.82, 2.24) is 24.9 Å². The normalized spacial score (nSPS) is 20.8. The number of carbonyl (C=O) groups excluding carboxylic acids is 1. The second kappa shape index (κ2) is 10.7. The Labute approximate surface area is 227 Å². The summed E-state index contributed by atoms with van der Waals surface area (Å²) in [4.78, 5) is 33.2. The molecule has 0 radical (unpaired) electrons. The van der Waals surface area contributed by atoms with Crippen LogP contribution in [0.1, 0.15) is 79.8 Å². The van der Waals surface area contributed by atoms with Crippen molar-refractivity contribution in [3.63, 3.8) is 0 Å². The van der Waals surface area contributed by atoms with Crippen molar-refractivity contribution < 1.29 is 24.5 Å². The molecule has 1 aromatic carbocycles. The van der Waals surface area contributed by atoms with Gasteiger partial charge in [-0.05, 0) is 69.6 Å². The summed E-state index contributed by atoms with van der Waals surface area (Å²) in [6, 6.07) is 9.40. The molecule has 1 unspecified atom stereocenters. The number of aromatic nitrogens is 4. The Kier molecular flexibility index (Phi) is 7.29. The van der Waals surface area contributed by atoms with Crippen LogP contribution in [0.15, 0.2) is 41.7 Å². The van der Waals surface area contributed by atoms with Gasteiger partial charge in [0.1, 0.15) is 11.4 Å². The van der Waals surface area contributed by atoms with Gasteiger partial charge in [-0.3, -0.25) is 0 Å². The van der Waals surface area contributed by atoms with E-state index in [9.17, 15) is 14.7 Å². The van der Waals surface area contributed by atoms with Gasteiger partial charge in [-0.25, -0.2) is 19.1 Å². The number of carbonyl (C=O) groups is 2. The number of hydrogen-bond donors (Lipinski definition) is 3. The zero-order valence-electron chi connectivity index (χ0n) is 22.6. The van der Waals surface area contributed by atoms with E-state index in [1.165, 1.54) is 0 Å². The molecule has 206 valence electrons. The molecule has 0 spiro atoms. The van der Waals surface area contributed by atoms with Crippen LogP contribution in [0.3, 0.4) is 0 Å². The van der Waals surface area contributed by atoms with Gasteiger partial charge in [0.25, 0.3) is 5.78 Å². The number of nitrogens with one attached hydrogen (secondary N) is 1. The number of carboxylic acid groups (broad SMARTS) is 1. The Morgan fingerprint density at radius 3 is 2.59 bits per heavy atom. The number of benzene rings is 1. The third kappa shape index (κ3) is 5.60. The lowest BCUT2D eigenvalue weighted by Crippen LogP contribution is -2.46. The zero-order valence-corrected chi connectivity index (χ0v) is 22.6. The number of aliphatic hydroxyl groups excluding tert-OH is 1. The molecule has 2 atom stereocenters. The molecule has 3 heterocycles. The third-order valence-electron chi connectivity index (χ3n) is 8.11. The van der Waals surface area contributed by atoms with E-state index in [0.717, 1.165) is 48.2 Å². The van der Waals surface area contributed by atoms with Crippen molar-refractivity contribution in [3.05, 3.63) is 70.0 Å². The van der Waals surface area contributed by atoms with E-state index in [-0.39, 0.29) is 36.1 Å². The Morgan fingerprint density at radius 2 is 1.92 bits per heavy atom. The molecule has 1 saturated carbocycles. The summed E-state index contributed by atoms with van der Waals surface area (Å²) in [6.07, 6.45) is 4.66. The van der Waals surface area contributed by atoms with Gasteiger partial charge >= 0.3 is 12.1 Å². The van der Waals surface area contributed by atoms with Gasteiger partial charge in [0.05, 0.1) is 11.6 Å². The highest BCUT2D eigenvalue weighted by Crippen LogP contribution is 2.46. The first-order chi connectivity index (χ1) is 18.6. The molecule has 1 amide bonds. The van der Waals surface area contributed by atoms with E-state index in [2.05, 4.69) is 20.4 Å². The lowest BCUT2D eigenvalue weighted by atomic mass is 9.76. The largest absolute Gasteiger partial charge is 0.512 e. The number of aliphatic hydroxyl groups is 1. The summed E-state index contributed by atoms with van der Waals surface area (Å²) in [5.41, 5.74) is 3.11. The molecule has 10 nitrogen and oxygen atoms in total. The van der Waals surface area contributed by atoms with Crippen LogP contribution in [0.4, 0.5) is 4.79 Å². The molecule has 3 N–H and O–H groups in total. The number of rotatable bonds is 8. The Bertz CT molecular complexity index is 1420. The number of esters is 1. The smallest absolute Gasteiger partial charge is 0.405 e. The van der Waals surface area contributed by atoms with E-state index < -0.39 is 17.7 Å². The molecule has 1 aliphatic carbocycles. The minimum absolute atomic E-state index is 0.0572. The molecule has 10 heteroatoms. The minimum atomic E-state index is -1.06. The molecular formula is C29H35N5O5. The minimum Gasteiger partial charge on any atom is -0.512 e. The third-order valence-corrected chi connectivity index (χ3v) is 8.11. The SMILES string of the molecule is Cc1cc(C)n2nc(CC3=C(O)CC(CCc4ccc([C@@H](C)NC(=O)O)cc4)(C4CCCC4)OC3=O)nc2n1. The van der Waals surface area contributed by atoms with Crippen molar-refractivity contribution in [2.75, 3.05) is 0 Å². The van der Waals surface area contributed by atoms with Crippen LogP contribution in [0.25, 0.3) is 5.78 Å². The second-order valence-corrected chi connectivity index (χ2v) is 10.9. The first kappa shape index (κ1) is 26.6. The predicted octanol–water partition coefficient (Wildman–Crippen LogP) is 4.93. The molecule has 2 aliphatic rings. The Morgan fingerprint density at radius 1 is 1.21 bits per heavy atom. The summed E-state index contributed by atoms with van der Waals surface area (Å²) < 4.78 is 7.89. The fourth-order valence-corrected chi connectivity index (χ4v) is 6.03. The fraction of sp³-hybridized carbons (Fsp3) is 0.483. The topological polar surface area (TPSA) is 139 Å². The molecular weight excluding hydrogens is 498 g/mol. The van der Waals surface area contributed by atoms with Crippen molar-refractivity contribution in [1.29, 1.82) is 0 Å². The van der Waals surface area contributed by atoms with Gasteiger partial charge in [-0.15, -0.1) is 5.10 Å². The first-order valence-corrected chi connectivity index (χ1v) is 13.6. The van der Waals surface area contributed by atoms with Gasteiger partial charge in [-0.1, -0.05) is 37.1 Å². The summed E-state index contributed by atoms with van der Waals surface area (Å²) in [7, 11) is 0. The van der Waals surface area contributed by atoms with Crippen molar-refractivity contribution >= 4 is 17.8 Å². The van der Waals surface area contributed by atoms with E-state index in [1.807, 2.05) is 44.2 Å². The van der Waals surface area contributed by atoms with Crippen molar-refractivity contribution in [2.45, 2.75) is 83.8 Å². The van der Waals surface area contributed by atoms with Crippen LogP contribution in [-0.2, 0) is 22.4 Å². The van der Waals surface area contributed by atoms with E-state index in [0.29, 0.717) is 24.4 Å². The van der Waals surface area contributed by atoms with Crippen LogP contribution < -0.4 is 5.32 Å². The van der Waals surface area contributed by atoms with Crippen molar-refractivity contribution in [2.24, 2.45) is 5.92 Å². The maximum Gasteiger partial charge on any atom is 0.405 e. The number of cyclic esters (lactones) is 1. The Hall–Kier alpha value is -3.95. The zero-order chi connectivity index (χ0) is 27.7. The monoisotopic (exact) mass is 533 g/mol. The second-order valence-electron chi connectivity index (χ2n) is 10.9. The maximum absolute atomic E-state index is 13.4. The van der Waals surface area contributed by atoms with Crippen LogP contribution in [0.5, 0.6) is 0 Å². The number of nitrogens with zero attached hydrogens (tertiary/aromatic N) is 4. The molecule has 2 aromatic heterocycles. The van der Waals surface area contributed by atoms with Crippen LogP contribution in [0, 0.1) is 19.8 Å². The van der Waals surface area contributed by atoms with Crippen LogP contribution in [0.2, 0.25) is 0 Å². The molecule has 5 rings (SSSR count). The van der Waals surface area contributed by atoms with Gasteiger partial charge < -0.3 is 20.3 Å². The molecule has 1 fully saturated rings. The highest BCUT2D eigenvalue weighted by molar-refractivity contribution is 5.90. The summed E-state index contributed by atoms with van der Waals surface area (Å²) in [5.74, 6) is 0.615. The summed E-state index contributed by atoms with van der Waals surface area (Å²) >= 11 is 0. The number of amides is 1. The summed E-state index contributed by atoms with van der Waals surface area (Å²) in [5, 5.41) is 27.1. The lowest BCUT2D eigenvalue weighted by molar-refractivity contribution is -0.167. The molecule has 1 aliphatic heterocycles. The number of aryl methyl sites for hydroxylation is 3. The molecule has 0 saturated heterocycles. The average molecular weight is 534 g/mol. The van der Waals surface area contributed by atoms with E-state index >= 15 is 0 Å². The quantitative estimate of drug-likeness (QED) is 0.346. The van der Waals surface area contributed by atoms with Crippen LogP contribution >= 0.6 is 0 Å². The first-order valence-electron chi connectivity index (χ1n) is 13.6. The van der Waals surface area contributed by atoms with Gasteiger partial charge in [-0.2, -0.15) is 4.98 Å². The van der Waals surface area contributed by atoms with E-state index in [4.69, 9.17) is 9.84 Å². The molecule has 3 aromatic rings. The Balaban J connectivity index is 1.34. The molecule has 0 bridgehead atoms. The number of fused-ring (bicyclic) bond motifs is 1. The average Bonchev–Trinajstić information content (AvgIpc) is 3.56. The highest BCUT2D eigenvalue weighted by Gasteiger charge is 2.48. The van der Waals surface area contributed by atoms with Crippen LogP contribution in [-0.4, -0.2) is 47.5 Å². The van der Waals surface area contributed by atoms with E-state index in [1.54, 1.807) is 11.4 Å². The number of hydrogen-bond acceptors (Lipinski definition) is 7. The summed E-state index contributed by atoms with van der Waals surface area (Å²) in [6.45, 7) is 5.61. The highest BCUT2D eigenvalue weighted by atomic mass is 16.6. The maximum atomic E-state index is 13.4. The standard InChI is InChI=1S/C29H35N5O5/c1-17-14-18(2)34-27(30-17)32-25(33-34)15-23-24(35)16-29(39-26(23)36,22-6-4-5-7-22)13-12-20-8-10-21(11-9-20)19(3)31-28(37)38/h8-11,14,19,22,31,35H,4-7,12-13,15-16H2,1-3H3,(H,37,38)/t19-,29?/m1/s1. The van der Waals surface area contributed by atoms with Gasteiger partial charge in [0, 0.05) is 24.2 Å². The lowest BCUT2D eigenvalue weighted by Gasteiger charge is -2.41. The molecule has 39 heavy (non-hydrogen) atoms.